The Labute approximate surface area is 757 Å². The SMILES string of the molecule is OC1(C2(O)c3ccccc3-c3ccccc32)c2ccccc2-c2ccccc21.OC1(c2ccc(C3(O)c4ccccc4-c4ccccc43)cc2)c2ccccc2-c2ccccc21.OC1(c2ccc(Oc3ccc(C4(O)c5ccccc5-c5ccccc54)cc3C3(O)c4ccccc4-c4ccccc43)c(C3(O)c4ccccc4-c4ccccc43)c2)c2ccccc2-c2ccccc21. The van der Waals surface area contributed by atoms with E-state index in [4.69, 9.17) is 4.74 Å². The molecule has 0 saturated carbocycles. The summed E-state index contributed by atoms with van der Waals surface area (Å²) < 4.78 is 7.35. The molecule has 0 aromatic heterocycles. The third-order valence-electron chi connectivity index (χ3n) is 29.4. The molecule has 0 bridgehead atoms. The minimum absolute atomic E-state index is 0.323. The monoisotopic (exact) mass is 1690 g/mol. The van der Waals surface area contributed by atoms with Gasteiger partial charge < -0.3 is 45.6 Å². The molecule has 131 heavy (non-hydrogen) atoms. The van der Waals surface area contributed by atoms with E-state index in [1.165, 1.54) is 0 Å². The van der Waals surface area contributed by atoms with E-state index in [1.54, 1.807) is 0 Å². The van der Waals surface area contributed by atoms with Crippen LogP contribution in [0.15, 0.2) is 449 Å². The van der Waals surface area contributed by atoms with Gasteiger partial charge in [0.1, 0.15) is 45.1 Å². The van der Waals surface area contributed by atoms with Gasteiger partial charge in [-0.15, -0.1) is 0 Å². The van der Waals surface area contributed by atoms with Gasteiger partial charge in [0, 0.05) is 77.9 Å². The Morgan fingerprint density at radius 1 is 0.122 bits per heavy atom. The number of ether oxygens (including phenoxy) is 1. The summed E-state index contributed by atoms with van der Waals surface area (Å²) in [7, 11) is 0. The summed E-state index contributed by atoms with van der Waals surface area (Å²) in [6.45, 7) is 0. The predicted octanol–water partition coefficient (Wildman–Crippen LogP) is 23.6. The van der Waals surface area contributed by atoms with Crippen molar-refractivity contribution in [3.05, 3.63) is 571 Å². The summed E-state index contributed by atoms with van der Waals surface area (Å²) in [5, 5.41) is 103. The second-order valence-electron chi connectivity index (χ2n) is 35.5. The fourth-order valence-electron chi connectivity index (χ4n) is 23.6. The van der Waals surface area contributed by atoms with Crippen LogP contribution in [-0.4, -0.2) is 40.9 Å². The number of hydrogen-bond acceptors (Lipinski definition) is 9. The molecule has 19 aromatic rings. The lowest BCUT2D eigenvalue weighted by Gasteiger charge is -2.41. The molecule has 27 rings (SSSR count). The van der Waals surface area contributed by atoms with Crippen LogP contribution in [0.1, 0.15) is 122 Å². The van der Waals surface area contributed by atoms with Crippen LogP contribution in [0.5, 0.6) is 11.5 Å². The van der Waals surface area contributed by atoms with Gasteiger partial charge >= 0.3 is 0 Å². The van der Waals surface area contributed by atoms with E-state index in [1.807, 2.05) is 425 Å². The van der Waals surface area contributed by atoms with E-state index >= 15 is 0 Å². The molecule has 0 atom stereocenters. The van der Waals surface area contributed by atoms with Crippen LogP contribution in [0.3, 0.4) is 0 Å². The highest BCUT2D eigenvalue weighted by Gasteiger charge is 2.62. The topological polar surface area (TPSA) is 171 Å². The maximum Gasteiger partial charge on any atom is 0.153 e. The molecule has 8 aliphatic carbocycles. The number of hydrogen-bond donors (Lipinski definition) is 8. The molecule has 0 heterocycles. The fourth-order valence-corrected chi connectivity index (χ4v) is 23.6. The molecule has 0 amide bonds. The van der Waals surface area contributed by atoms with Crippen molar-refractivity contribution in [1.82, 2.24) is 0 Å². The van der Waals surface area contributed by atoms with Crippen LogP contribution in [0.4, 0.5) is 0 Å². The number of fused-ring (bicyclic) bond motifs is 24. The van der Waals surface area contributed by atoms with Crippen molar-refractivity contribution in [3.63, 3.8) is 0 Å². The van der Waals surface area contributed by atoms with Crippen LogP contribution in [-0.2, 0) is 44.8 Å². The van der Waals surface area contributed by atoms with Crippen molar-refractivity contribution in [2.45, 2.75) is 44.8 Å². The van der Waals surface area contributed by atoms with Crippen LogP contribution in [0.25, 0.3) is 89.0 Å². The highest BCUT2D eigenvalue weighted by Crippen LogP contribution is 2.65. The first-order valence-corrected chi connectivity index (χ1v) is 44.5. The van der Waals surface area contributed by atoms with Gasteiger partial charge in [0.25, 0.3) is 0 Å². The van der Waals surface area contributed by atoms with Crippen molar-refractivity contribution >= 4 is 0 Å². The van der Waals surface area contributed by atoms with Crippen molar-refractivity contribution in [2.75, 3.05) is 0 Å². The highest BCUT2D eigenvalue weighted by molar-refractivity contribution is 5.92. The van der Waals surface area contributed by atoms with E-state index in [2.05, 4.69) is 24.3 Å². The van der Waals surface area contributed by atoms with E-state index < -0.39 is 44.8 Å². The van der Waals surface area contributed by atoms with E-state index in [0.29, 0.717) is 56.0 Å². The van der Waals surface area contributed by atoms with Gasteiger partial charge in [0.05, 0.1) is 0 Å². The van der Waals surface area contributed by atoms with Crippen LogP contribution < -0.4 is 4.74 Å². The molecule has 0 aliphatic heterocycles. The Bertz CT molecular complexity index is 7180. The van der Waals surface area contributed by atoms with Crippen LogP contribution in [0, 0.1) is 0 Å². The van der Waals surface area contributed by atoms with Crippen molar-refractivity contribution in [1.29, 1.82) is 0 Å². The molecule has 0 radical (unpaired) electrons. The first-order valence-electron chi connectivity index (χ1n) is 44.5. The van der Waals surface area contributed by atoms with E-state index in [0.717, 1.165) is 167 Å². The van der Waals surface area contributed by atoms with Gasteiger partial charge in [0.2, 0.25) is 0 Å². The molecule has 0 unspecified atom stereocenters. The minimum atomic E-state index is -1.75. The summed E-state index contributed by atoms with van der Waals surface area (Å²) in [5.41, 5.74) is 18.9. The van der Waals surface area contributed by atoms with Gasteiger partial charge in [-0.1, -0.05) is 425 Å². The minimum Gasteiger partial charge on any atom is -0.457 e. The molecular weight excluding hydrogens is 1610 g/mol. The summed E-state index contributed by atoms with van der Waals surface area (Å²) in [5.74, 6) is 0.645. The zero-order valence-electron chi connectivity index (χ0n) is 70.7. The second kappa shape index (κ2) is 28.6. The smallest absolute Gasteiger partial charge is 0.153 e. The molecule has 9 heteroatoms. The van der Waals surface area contributed by atoms with Gasteiger partial charge in [-0.3, -0.25) is 0 Å². The zero-order chi connectivity index (χ0) is 88.1. The largest absolute Gasteiger partial charge is 0.457 e. The Morgan fingerprint density at radius 2 is 0.252 bits per heavy atom. The summed E-state index contributed by atoms with van der Waals surface area (Å²) >= 11 is 0. The molecule has 8 aliphatic rings. The number of benzene rings is 19. The maximum absolute atomic E-state index is 13.8. The highest BCUT2D eigenvalue weighted by atomic mass is 16.5. The molecule has 0 saturated heterocycles. The molecule has 0 spiro atoms. The second-order valence-corrected chi connectivity index (χ2v) is 35.5. The number of rotatable bonds is 9. The Hall–Kier alpha value is -15.3. The Kier molecular flexibility index (Phi) is 17.0. The molecule has 0 fully saturated rings. The Balaban J connectivity index is 0.000000123. The molecular formula is C122H82O9. The van der Waals surface area contributed by atoms with Crippen molar-refractivity contribution in [3.8, 4) is 101 Å². The summed E-state index contributed by atoms with van der Waals surface area (Å²) in [4.78, 5) is 0. The van der Waals surface area contributed by atoms with Gasteiger partial charge in [-0.2, -0.15) is 0 Å². The standard InChI is InChI=1S/C64H42O5.C32H22O2.C26H18O2/c65-61(49-25-9-1-17-41(49)42-18-2-10-26-50(42)61)39-33-35-59(57(37-39)63(67)53-29-13-5-21-45(53)46-22-6-14-30-54(46)63)69-60-36-34-40(62(66)51-27-11-3-19-43(51)44-20-4-12-28-52(44)62)38-58(60)64(68)55-31-15-7-23-47(55)48-24-8-16-32-56(48)64;33-31(27-13-5-1-9-23(27)24-10-2-6-14-28(24)31)21-17-19-22(20-18-21)32(34)29-15-7-3-11-25(29)26-12-4-8-16-30(26)32;27-25(21-13-5-1-9-17(21)18-10-2-6-14-22(18)25)26(28)23-15-7-3-11-19(23)20-12-4-8-16-24(20)26/h1-38,65-68H;1-20,33-34H;1-16,27-28H. The van der Waals surface area contributed by atoms with Gasteiger partial charge in [-0.05, 0) is 158 Å². The molecule has 9 nitrogen and oxygen atoms in total. The normalized spacial score (nSPS) is 16.1. The van der Waals surface area contributed by atoms with Gasteiger partial charge in [0.15, 0.2) is 11.2 Å². The average Bonchev–Trinajstić information content (AvgIpc) is 1.51. The summed E-state index contributed by atoms with van der Waals surface area (Å²) in [6.07, 6.45) is 0. The Morgan fingerprint density at radius 3 is 0.427 bits per heavy atom. The van der Waals surface area contributed by atoms with E-state index in [9.17, 15) is 40.9 Å². The van der Waals surface area contributed by atoms with E-state index in [-0.39, 0.29) is 0 Å². The van der Waals surface area contributed by atoms with Crippen LogP contribution >= 0.6 is 0 Å². The predicted molar refractivity (Wildman–Crippen MR) is 513 cm³/mol. The lowest BCUT2D eigenvalue weighted by atomic mass is 9.70. The quantitative estimate of drug-likeness (QED) is 0.0701. The maximum atomic E-state index is 13.8. The van der Waals surface area contributed by atoms with Crippen LogP contribution in [0.2, 0.25) is 0 Å². The molecule has 8 N–H and O–H groups in total. The average molecular weight is 1690 g/mol. The lowest BCUT2D eigenvalue weighted by molar-refractivity contribution is -0.107. The van der Waals surface area contributed by atoms with Gasteiger partial charge in [-0.25, -0.2) is 0 Å². The lowest BCUT2D eigenvalue weighted by Crippen LogP contribution is -2.48. The summed E-state index contributed by atoms with van der Waals surface area (Å²) in [6, 6.07) is 146. The molecule has 624 valence electrons. The zero-order valence-corrected chi connectivity index (χ0v) is 70.7. The third-order valence-corrected chi connectivity index (χ3v) is 29.4. The first-order chi connectivity index (χ1) is 64.0. The number of aliphatic hydroxyl groups is 8. The fraction of sp³-hybridized carbons (Fsp3) is 0.0656. The molecule has 19 aromatic carbocycles. The first kappa shape index (κ1) is 78.0. The van der Waals surface area contributed by atoms with Crippen molar-refractivity contribution < 1.29 is 45.6 Å². The third kappa shape index (κ3) is 10.4. The van der Waals surface area contributed by atoms with Crippen molar-refractivity contribution in [2.24, 2.45) is 0 Å².